The molecule has 4 aliphatic rings. The van der Waals surface area contributed by atoms with E-state index in [1.54, 1.807) is 24.4 Å². The van der Waals surface area contributed by atoms with Gasteiger partial charge in [-0.05, 0) is 103 Å². The number of fused-ring (bicyclic) bond motifs is 1. The van der Waals surface area contributed by atoms with E-state index < -0.39 is 28.0 Å². The number of hydrogen-bond acceptors (Lipinski definition) is 8. The molecule has 11 nitrogen and oxygen atoms in total. The van der Waals surface area contributed by atoms with Crippen LogP contribution in [0.5, 0.6) is 11.5 Å². The lowest BCUT2D eigenvalue weighted by Gasteiger charge is -2.47. The average molecular weight is 865 g/mol. The van der Waals surface area contributed by atoms with Gasteiger partial charge in [0, 0.05) is 61.0 Å². The number of H-pyrrole nitrogens is 1. The van der Waals surface area contributed by atoms with Crippen molar-refractivity contribution in [2.24, 2.45) is 11.3 Å². The number of nitro groups is 1. The van der Waals surface area contributed by atoms with Crippen molar-refractivity contribution in [2.75, 3.05) is 37.6 Å². The fraction of sp³-hybridized carbons (Fsp3) is 0.404. The molecule has 1 atom stereocenters. The number of aromatic nitrogens is 2. The molecule has 14 heteroatoms. The maximum atomic E-state index is 16.3. The number of hydrogen-bond donors (Lipinski definition) is 2. The number of carbonyl (C=O) groups is 1. The number of anilines is 1. The minimum atomic E-state index is -2.19. The van der Waals surface area contributed by atoms with E-state index in [2.05, 4.69) is 31.7 Å². The first-order chi connectivity index (χ1) is 29.6. The van der Waals surface area contributed by atoms with Crippen LogP contribution in [0.1, 0.15) is 92.1 Å². The number of carbonyl (C=O) groups excluding carboxylic acids is 1. The van der Waals surface area contributed by atoms with Crippen molar-refractivity contribution < 1.29 is 23.4 Å². The normalized spacial score (nSPS) is 18.9. The smallest absolute Gasteiger partial charge is 0.296 e. The highest BCUT2D eigenvalue weighted by Crippen LogP contribution is 2.55. The summed E-state index contributed by atoms with van der Waals surface area (Å²) in [6.07, 6.45) is 16.6. The fourth-order valence-electron chi connectivity index (χ4n) is 9.86. The van der Waals surface area contributed by atoms with Crippen molar-refractivity contribution in [3.8, 4) is 11.5 Å². The summed E-state index contributed by atoms with van der Waals surface area (Å²) in [5.74, 6) is -0.721. The van der Waals surface area contributed by atoms with Gasteiger partial charge >= 0.3 is 0 Å². The summed E-state index contributed by atoms with van der Waals surface area (Å²) >= 11 is 4.08. The van der Waals surface area contributed by atoms with E-state index in [9.17, 15) is 19.5 Å². The van der Waals surface area contributed by atoms with E-state index in [0.717, 1.165) is 74.6 Å². The van der Waals surface area contributed by atoms with Crippen molar-refractivity contribution in [1.82, 2.24) is 19.6 Å². The van der Waals surface area contributed by atoms with Crippen LogP contribution in [0.2, 0.25) is 5.02 Å². The summed E-state index contributed by atoms with van der Waals surface area (Å²) in [6.45, 7) is 3.42. The molecule has 1 spiro atoms. The van der Waals surface area contributed by atoms with Gasteiger partial charge in [-0.1, -0.05) is 67.8 Å². The lowest BCUT2D eigenvalue weighted by molar-refractivity contribution is -0.385. The van der Waals surface area contributed by atoms with Crippen LogP contribution < -0.4 is 14.4 Å². The summed E-state index contributed by atoms with van der Waals surface area (Å²) < 4.78 is 38.6. The third-order valence-electron chi connectivity index (χ3n) is 13.5. The summed E-state index contributed by atoms with van der Waals surface area (Å²) in [4.78, 5) is 37.5. The first kappa shape index (κ1) is 41.4. The molecular weight excluding hydrogens is 815 g/mol. The molecule has 2 aromatic heterocycles. The van der Waals surface area contributed by atoms with Gasteiger partial charge in [-0.3, -0.25) is 19.8 Å². The predicted molar refractivity (Wildman–Crippen MR) is 237 cm³/mol. The second kappa shape index (κ2) is 17.8. The number of nitrogens with zero attached hydrogens (tertiary/aromatic N) is 4. The number of rotatable bonds is 12. The maximum Gasteiger partial charge on any atom is 0.296 e. The number of allylic oxidation sites excluding steroid dienone is 1. The minimum Gasteiger partial charge on any atom is -0.588 e. The molecule has 3 fully saturated rings. The molecule has 1 unspecified atom stereocenters. The monoisotopic (exact) mass is 864 g/mol. The van der Waals surface area contributed by atoms with Crippen LogP contribution in [0, 0.1) is 27.3 Å². The maximum absolute atomic E-state index is 16.3. The zero-order valence-corrected chi connectivity index (χ0v) is 35.7. The number of ether oxygens (including phenoxy) is 1. The number of benzene rings is 3. The highest BCUT2D eigenvalue weighted by atomic mass is 35.5. The predicted octanol–water partition coefficient (Wildman–Crippen LogP) is 10.6. The molecule has 0 radical (unpaired) electrons. The number of piperazine rings is 1. The highest BCUT2D eigenvalue weighted by molar-refractivity contribution is 7.90. The first-order valence-corrected chi connectivity index (χ1v) is 23.0. The van der Waals surface area contributed by atoms with E-state index in [4.69, 9.17) is 16.3 Å². The van der Waals surface area contributed by atoms with Crippen molar-refractivity contribution in [3.63, 3.8) is 0 Å². The Hall–Kier alpha value is -4.95. The molecule has 318 valence electrons. The Labute approximate surface area is 363 Å². The van der Waals surface area contributed by atoms with Crippen LogP contribution in [0.4, 0.5) is 15.8 Å². The number of nitro benzene ring substituents is 1. The SMILES string of the molecule is O=C(N[S+]([O-])c1ccc(CC2CCCCC2)c([N+](=O)[O-])c1)c1cc(F)c(N2CCN(CC3=C(c4ccc(Cl)cc4)CC4(CCC4)CC3)CC2)cc1Oc1cnc2[nH]ccc2c1. The standard InChI is InChI=1S/C47H50ClFN6O5S/c48-36-10-7-32(8-11-36)40-28-47(15-4-16-47)17-13-35(40)30-53-19-21-54(22-20-53)43-27-44(60-37-24-34-14-18-50-45(34)51-29-37)39(26-41(43)49)46(56)52-61(59)38-12-9-33(42(25-38)55(57)58)23-31-5-2-1-3-6-31/h7-12,14,18,24-27,29,31H,1-6,13,15-17,19-23,28,30H2,(H,50,51)(H,52,56). The van der Waals surface area contributed by atoms with E-state index >= 15 is 4.39 Å². The third-order valence-corrected chi connectivity index (χ3v) is 14.8. The molecule has 9 rings (SSSR count). The van der Waals surface area contributed by atoms with Gasteiger partial charge in [-0.25, -0.2) is 9.37 Å². The van der Waals surface area contributed by atoms with E-state index in [0.29, 0.717) is 47.8 Å². The molecule has 61 heavy (non-hydrogen) atoms. The molecule has 0 bridgehead atoms. The van der Waals surface area contributed by atoms with Crippen LogP contribution in [0.25, 0.3) is 16.6 Å². The van der Waals surface area contributed by atoms with Crippen LogP contribution in [-0.2, 0) is 17.8 Å². The summed E-state index contributed by atoms with van der Waals surface area (Å²) in [5.41, 5.74) is 5.83. The van der Waals surface area contributed by atoms with Gasteiger partial charge in [0.1, 0.15) is 34.3 Å². The Morgan fingerprint density at radius 3 is 2.52 bits per heavy atom. The molecule has 2 saturated carbocycles. The van der Waals surface area contributed by atoms with Crippen molar-refractivity contribution in [1.29, 1.82) is 0 Å². The molecule has 2 N–H and O–H groups in total. The van der Waals surface area contributed by atoms with E-state index in [1.807, 2.05) is 23.1 Å². The Morgan fingerprint density at radius 2 is 1.79 bits per heavy atom. The minimum absolute atomic E-state index is 0.0590. The van der Waals surface area contributed by atoms with Crippen molar-refractivity contribution >= 4 is 56.9 Å². The average Bonchev–Trinajstić information content (AvgIpc) is 3.73. The molecule has 1 amide bonds. The van der Waals surface area contributed by atoms with Crippen LogP contribution in [-0.4, -0.2) is 63.0 Å². The number of pyridine rings is 1. The van der Waals surface area contributed by atoms with Gasteiger partial charge in [-0.15, -0.1) is 0 Å². The third kappa shape index (κ3) is 9.16. The summed E-state index contributed by atoms with van der Waals surface area (Å²) in [5, 5.41) is 13.6. The lowest BCUT2D eigenvalue weighted by Crippen LogP contribution is -2.47. The van der Waals surface area contributed by atoms with Gasteiger partial charge in [-0.2, -0.15) is 4.72 Å². The quantitative estimate of drug-likeness (QED) is 0.0718. The molecule has 3 heterocycles. The molecular formula is C47H50ClFN6O5S. The molecule has 1 aliphatic heterocycles. The number of amides is 1. The topological polar surface area (TPSA) is 140 Å². The van der Waals surface area contributed by atoms with Gasteiger partial charge in [0.2, 0.25) is 0 Å². The molecule has 3 aliphatic carbocycles. The van der Waals surface area contributed by atoms with Crippen LogP contribution >= 0.6 is 11.6 Å². The Balaban J connectivity index is 0.937. The fourth-order valence-corrected chi connectivity index (χ4v) is 10.8. The number of aromatic amines is 1. The van der Waals surface area contributed by atoms with Gasteiger partial charge < -0.3 is 19.2 Å². The van der Waals surface area contributed by atoms with E-state index in [-0.39, 0.29) is 27.6 Å². The van der Waals surface area contributed by atoms with Crippen molar-refractivity contribution in [2.45, 2.75) is 81.9 Å². The Kier molecular flexibility index (Phi) is 12.1. The second-order valence-electron chi connectivity index (χ2n) is 17.3. The lowest BCUT2D eigenvalue weighted by atomic mass is 9.59. The molecule has 1 saturated heterocycles. The highest BCUT2D eigenvalue weighted by Gasteiger charge is 2.41. The second-order valence-corrected chi connectivity index (χ2v) is 19.0. The Bertz CT molecular complexity index is 2460. The Morgan fingerprint density at radius 1 is 1.00 bits per heavy atom. The molecule has 3 aromatic carbocycles. The van der Waals surface area contributed by atoms with Crippen LogP contribution in [0.3, 0.4) is 0 Å². The molecule has 5 aromatic rings. The van der Waals surface area contributed by atoms with Gasteiger partial charge in [0.15, 0.2) is 4.90 Å². The van der Waals surface area contributed by atoms with Crippen molar-refractivity contribution in [3.05, 3.63) is 122 Å². The van der Waals surface area contributed by atoms with E-state index in [1.165, 1.54) is 67.1 Å². The van der Waals surface area contributed by atoms with Gasteiger partial charge in [0.25, 0.3) is 11.6 Å². The van der Waals surface area contributed by atoms with Gasteiger partial charge in [0.05, 0.1) is 28.4 Å². The number of nitrogens with one attached hydrogen (secondary N) is 2. The first-order valence-electron chi connectivity index (χ1n) is 21.5. The van der Waals surface area contributed by atoms with Crippen LogP contribution in [0.15, 0.2) is 89.6 Å². The zero-order chi connectivity index (χ0) is 42.1. The summed E-state index contributed by atoms with van der Waals surface area (Å²) in [7, 11) is 0. The summed E-state index contributed by atoms with van der Waals surface area (Å²) in [6, 6.07) is 18.9. The number of halogens is 2. The largest absolute Gasteiger partial charge is 0.588 e. The zero-order valence-electron chi connectivity index (χ0n) is 34.1.